The lowest BCUT2D eigenvalue weighted by Crippen LogP contribution is -2.49. The number of amides is 1. The summed E-state index contributed by atoms with van der Waals surface area (Å²) in [5.74, 6) is 2.11. The molecule has 3 aromatic rings. The molecule has 9 nitrogen and oxygen atoms in total. The molecule has 2 N–H and O–H groups in total. The largest absolute Gasteiger partial charge is 0.493 e. The predicted octanol–water partition coefficient (Wildman–Crippen LogP) is 1.96. The summed E-state index contributed by atoms with van der Waals surface area (Å²) in [5.41, 5.74) is 9.35. The number of rotatable bonds is 4. The van der Waals surface area contributed by atoms with Crippen LogP contribution in [0.1, 0.15) is 15.4 Å². The smallest absolute Gasteiger partial charge is 0.265 e. The molecule has 0 aliphatic carbocycles. The number of aryl methyl sites for hydroxylation is 1. The number of methoxy groups -OCH3 is 2. The van der Waals surface area contributed by atoms with Crippen molar-refractivity contribution in [2.75, 3.05) is 51.0 Å². The van der Waals surface area contributed by atoms with Gasteiger partial charge < -0.3 is 25.0 Å². The number of nitrogens with zero attached hydrogens (tertiary/aromatic N) is 5. The maximum Gasteiger partial charge on any atom is 0.265 e. The lowest BCUT2D eigenvalue weighted by Gasteiger charge is -2.34. The van der Waals surface area contributed by atoms with Crippen molar-refractivity contribution in [3.63, 3.8) is 0 Å². The number of nitrogens with two attached hydrogens (primary N) is 1. The summed E-state index contributed by atoms with van der Waals surface area (Å²) < 4.78 is 10.7. The molecule has 10 heteroatoms. The van der Waals surface area contributed by atoms with Crippen molar-refractivity contribution < 1.29 is 14.3 Å². The molecule has 152 valence electrons. The molecule has 0 saturated carbocycles. The molecular weight excluding hydrogens is 392 g/mol. The monoisotopic (exact) mass is 414 g/mol. The van der Waals surface area contributed by atoms with E-state index < -0.39 is 0 Å². The van der Waals surface area contributed by atoms with Gasteiger partial charge in [-0.25, -0.2) is 9.97 Å². The van der Waals surface area contributed by atoms with Crippen LogP contribution in [-0.4, -0.2) is 66.2 Å². The van der Waals surface area contributed by atoms with E-state index in [1.807, 2.05) is 16.7 Å². The quantitative estimate of drug-likeness (QED) is 0.690. The number of ether oxygens (including phenoxy) is 2. The molecule has 29 heavy (non-hydrogen) atoms. The van der Waals surface area contributed by atoms with Gasteiger partial charge in [0.05, 0.1) is 30.9 Å². The third kappa shape index (κ3) is 3.51. The second-order valence-electron chi connectivity index (χ2n) is 6.68. The van der Waals surface area contributed by atoms with Crippen LogP contribution in [-0.2, 0) is 0 Å². The van der Waals surface area contributed by atoms with Crippen molar-refractivity contribution in [3.8, 4) is 11.5 Å². The zero-order valence-electron chi connectivity index (χ0n) is 16.5. The van der Waals surface area contributed by atoms with Gasteiger partial charge in [-0.1, -0.05) is 0 Å². The van der Waals surface area contributed by atoms with E-state index in [-0.39, 0.29) is 5.91 Å². The molecule has 0 spiro atoms. The molecule has 1 fully saturated rings. The second kappa shape index (κ2) is 7.70. The number of carbonyl (C=O) groups excluding carboxylic acids is 1. The summed E-state index contributed by atoms with van der Waals surface area (Å²) in [6, 6.07) is 3.57. The summed E-state index contributed by atoms with van der Waals surface area (Å²) >= 11 is 1.38. The van der Waals surface area contributed by atoms with Crippen LogP contribution < -0.4 is 20.1 Å². The molecule has 3 heterocycles. The topological polar surface area (TPSA) is 107 Å². The van der Waals surface area contributed by atoms with Crippen molar-refractivity contribution in [2.24, 2.45) is 0 Å². The van der Waals surface area contributed by atoms with Gasteiger partial charge in [0, 0.05) is 37.6 Å². The first-order chi connectivity index (χ1) is 14.0. The van der Waals surface area contributed by atoms with E-state index in [9.17, 15) is 4.79 Å². The SMILES string of the molecule is COc1cc2nc(N3CCN(C(=O)c4scnc4C)CC3)nc(N)c2cc1OC. The molecule has 1 aromatic carbocycles. The first-order valence-electron chi connectivity index (χ1n) is 9.15. The summed E-state index contributed by atoms with van der Waals surface area (Å²) in [7, 11) is 3.15. The van der Waals surface area contributed by atoms with Gasteiger partial charge in [-0.15, -0.1) is 11.3 Å². The van der Waals surface area contributed by atoms with E-state index in [2.05, 4.69) is 15.0 Å². The van der Waals surface area contributed by atoms with Gasteiger partial charge in [0.25, 0.3) is 5.91 Å². The summed E-state index contributed by atoms with van der Waals surface area (Å²) in [4.78, 5) is 30.6. The van der Waals surface area contributed by atoms with E-state index in [0.717, 1.165) is 5.69 Å². The standard InChI is InChI=1S/C19H22N6O3S/c1-11-16(29-10-21-11)18(26)24-4-6-25(7-5-24)19-22-13-9-15(28-3)14(27-2)8-12(13)17(20)23-19/h8-10H,4-7H2,1-3H3,(H2,20,22,23). The van der Waals surface area contributed by atoms with E-state index in [1.165, 1.54) is 11.3 Å². The summed E-state index contributed by atoms with van der Waals surface area (Å²) in [6.07, 6.45) is 0. The van der Waals surface area contributed by atoms with Crippen LogP contribution in [0.25, 0.3) is 10.9 Å². The third-order valence-electron chi connectivity index (χ3n) is 5.01. The first-order valence-corrected chi connectivity index (χ1v) is 10.0. The molecule has 2 aromatic heterocycles. The number of hydrogen-bond acceptors (Lipinski definition) is 9. The minimum absolute atomic E-state index is 0.0282. The van der Waals surface area contributed by atoms with Crippen LogP contribution in [0, 0.1) is 6.92 Å². The minimum Gasteiger partial charge on any atom is -0.493 e. The van der Waals surface area contributed by atoms with Gasteiger partial charge in [0.2, 0.25) is 5.95 Å². The van der Waals surface area contributed by atoms with Crippen molar-refractivity contribution in [3.05, 3.63) is 28.2 Å². The highest BCUT2D eigenvalue weighted by Gasteiger charge is 2.26. The van der Waals surface area contributed by atoms with Gasteiger partial charge in [0.1, 0.15) is 10.7 Å². The zero-order valence-corrected chi connectivity index (χ0v) is 17.3. The van der Waals surface area contributed by atoms with Gasteiger partial charge in [-0.3, -0.25) is 4.79 Å². The number of nitrogen functional groups attached to an aromatic ring is 1. The molecule has 0 radical (unpaired) electrons. The van der Waals surface area contributed by atoms with Gasteiger partial charge in [-0.2, -0.15) is 4.98 Å². The molecular formula is C19H22N6O3S. The molecule has 0 atom stereocenters. The Morgan fingerprint density at radius 3 is 2.41 bits per heavy atom. The fourth-order valence-electron chi connectivity index (χ4n) is 3.37. The molecule has 1 amide bonds. The molecule has 1 aliphatic rings. The van der Waals surface area contributed by atoms with Crippen molar-refractivity contribution in [1.82, 2.24) is 19.9 Å². The van der Waals surface area contributed by atoms with Gasteiger partial charge in [0.15, 0.2) is 11.5 Å². The van der Waals surface area contributed by atoms with Crippen molar-refractivity contribution >= 4 is 39.9 Å². The van der Waals surface area contributed by atoms with E-state index in [4.69, 9.17) is 15.2 Å². The van der Waals surface area contributed by atoms with E-state index in [0.29, 0.717) is 65.2 Å². The highest BCUT2D eigenvalue weighted by molar-refractivity contribution is 7.11. The number of carbonyl (C=O) groups is 1. The Labute approximate surface area is 172 Å². The fourth-order valence-corrected chi connectivity index (χ4v) is 4.14. The Morgan fingerprint density at radius 2 is 1.79 bits per heavy atom. The van der Waals surface area contributed by atoms with Crippen LogP contribution in [0.15, 0.2) is 17.6 Å². The molecule has 4 rings (SSSR count). The van der Waals surface area contributed by atoms with Crippen molar-refractivity contribution in [1.29, 1.82) is 0 Å². The molecule has 0 unspecified atom stereocenters. The highest BCUT2D eigenvalue weighted by Crippen LogP contribution is 2.34. The van der Waals surface area contributed by atoms with Crippen LogP contribution >= 0.6 is 11.3 Å². The minimum atomic E-state index is 0.0282. The van der Waals surface area contributed by atoms with E-state index >= 15 is 0 Å². The lowest BCUT2D eigenvalue weighted by molar-refractivity contribution is 0.0750. The summed E-state index contributed by atoms with van der Waals surface area (Å²) in [5, 5.41) is 0.709. The number of hydrogen-bond donors (Lipinski definition) is 1. The molecule has 0 bridgehead atoms. The van der Waals surface area contributed by atoms with Crippen LogP contribution in [0.4, 0.5) is 11.8 Å². The second-order valence-corrected chi connectivity index (χ2v) is 7.53. The van der Waals surface area contributed by atoms with Crippen LogP contribution in [0.2, 0.25) is 0 Å². The van der Waals surface area contributed by atoms with Gasteiger partial charge in [-0.05, 0) is 13.0 Å². The number of benzene rings is 1. The molecule has 1 saturated heterocycles. The number of piperazine rings is 1. The summed E-state index contributed by atoms with van der Waals surface area (Å²) in [6.45, 7) is 4.28. The number of thiazole rings is 1. The number of fused-ring (bicyclic) bond motifs is 1. The fraction of sp³-hybridized carbons (Fsp3) is 0.368. The average Bonchev–Trinajstić information content (AvgIpc) is 3.18. The normalized spacial score (nSPS) is 14.3. The first kappa shape index (κ1) is 19.2. The zero-order chi connectivity index (χ0) is 20.5. The Bertz CT molecular complexity index is 1060. The average molecular weight is 414 g/mol. The van der Waals surface area contributed by atoms with Crippen molar-refractivity contribution in [2.45, 2.75) is 6.92 Å². The lowest BCUT2D eigenvalue weighted by atomic mass is 10.2. The molecule has 1 aliphatic heterocycles. The maximum atomic E-state index is 12.7. The Morgan fingerprint density at radius 1 is 1.10 bits per heavy atom. The van der Waals surface area contributed by atoms with Crippen LogP contribution in [0.5, 0.6) is 11.5 Å². The predicted molar refractivity (Wildman–Crippen MR) is 112 cm³/mol. The van der Waals surface area contributed by atoms with Crippen LogP contribution in [0.3, 0.4) is 0 Å². The Hall–Kier alpha value is -3.14. The highest BCUT2D eigenvalue weighted by atomic mass is 32.1. The van der Waals surface area contributed by atoms with Gasteiger partial charge >= 0.3 is 0 Å². The Kier molecular flexibility index (Phi) is 5.10. The number of anilines is 2. The van der Waals surface area contributed by atoms with E-state index in [1.54, 1.807) is 31.9 Å². The third-order valence-corrected chi connectivity index (χ3v) is 5.92. The Balaban J connectivity index is 1.55. The number of aromatic nitrogens is 3. The maximum absolute atomic E-state index is 12.7.